The van der Waals surface area contributed by atoms with Crippen molar-refractivity contribution in [2.24, 2.45) is 0 Å². The highest BCUT2D eigenvalue weighted by Crippen LogP contribution is 2.19. The Morgan fingerprint density at radius 3 is 1.67 bits per heavy atom. The lowest BCUT2D eigenvalue weighted by molar-refractivity contribution is 0.00970. The van der Waals surface area contributed by atoms with Gasteiger partial charge in [0, 0.05) is 19.8 Å². The molecule has 1 rings (SSSR count). The molecule has 0 saturated carbocycles. The number of benzene rings is 1. The summed E-state index contributed by atoms with van der Waals surface area (Å²) in [5, 5.41) is 0. The molecule has 0 aromatic heterocycles. The maximum Gasteiger partial charge on any atom is 0.749 e. The second-order valence-electron chi connectivity index (χ2n) is 3.71. The minimum Gasteiger partial charge on any atom is -0.480 e. The second kappa shape index (κ2) is 7.53. The van der Waals surface area contributed by atoms with Crippen LogP contribution in [0.1, 0.15) is 26.3 Å². The van der Waals surface area contributed by atoms with Crippen molar-refractivity contribution < 1.29 is 17.7 Å². The van der Waals surface area contributed by atoms with E-state index in [4.69, 9.17) is 17.7 Å². The van der Waals surface area contributed by atoms with Crippen LogP contribution < -0.4 is 4.43 Å². The minimum absolute atomic E-state index is 0.498. The van der Waals surface area contributed by atoms with Gasteiger partial charge in [0.2, 0.25) is 0 Å². The van der Waals surface area contributed by atoms with Gasteiger partial charge < -0.3 is 17.7 Å². The van der Waals surface area contributed by atoms with E-state index in [0.717, 1.165) is 0 Å². The molecule has 0 heterocycles. The van der Waals surface area contributed by atoms with Crippen molar-refractivity contribution in [1.29, 1.82) is 0 Å². The Bertz CT molecular complexity index is 322. The first-order chi connectivity index (χ1) is 8.65. The Morgan fingerprint density at radius 1 is 0.833 bits per heavy atom. The van der Waals surface area contributed by atoms with Crippen LogP contribution in [0, 0.1) is 6.92 Å². The molecule has 1 aromatic carbocycles. The van der Waals surface area contributed by atoms with Crippen molar-refractivity contribution in [1.82, 2.24) is 0 Å². The summed E-state index contributed by atoms with van der Waals surface area (Å²) in [6.07, 6.45) is 0. The Morgan fingerprint density at radius 2 is 1.28 bits per heavy atom. The topological polar surface area (TPSA) is 36.9 Å². The molecule has 102 valence electrons. The third-order valence-electron chi connectivity index (χ3n) is 2.23. The number of aryl methyl sites for hydroxylation is 1. The quantitative estimate of drug-likeness (QED) is 0.681. The molecule has 0 saturated heterocycles. The molecule has 0 N–H and O–H groups in total. The molecule has 0 aliphatic heterocycles. The van der Waals surface area contributed by atoms with Gasteiger partial charge in [0.15, 0.2) is 0 Å². The fraction of sp³-hybridized carbons (Fsp3) is 0.538. The molecule has 0 aliphatic carbocycles. The highest BCUT2D eigenvalue weighted by atomic mass is 28.4. The van der Waals surface area contributed by atoms with Crippen molar-refractivity contribution in [3.63, 3.8) is 0 Å². The van der Waals surface area contributed by atoms with Crippen molar-refractivity contribution in [3.05, 3.63) is 29.8 Å². The van der Waals surface area contributed by atoms with E-state index in [2.05, 4.69) is 0 Å². The van der Waals surface area contributed by atoms with E-state index in [1.165, 1.54) is 5.56 Å². The standard InChI is InChI=1S/C13H22O4Si/c1-5-14-18(15-6-2,16-7-3)17-13-10-8-12(4)9-11-13/h8-11H,5-7H2,1-4H3. The Hall–Kier alpha value is -0.883. The monoisotopic (exact) mass is 270 g/mol. The van der Waals surface area contributed by atoms with Crippen LogP contribution in [0.5, 0.6) is 5.75 Å². The van der Waals surface area contributed by atoms with Crippen molar-refractivity contribution in [2.45, 2.75) is 27.7 Å². The van der Waals surface area contributed by atoms with Crippen molar-refractivity contribution >= 4 is 9.05 Å². The summed E-state index contributed by atoms with van der Waals surface area (Å²) >= 11 is 0. The highest BCUT2D eigenvalue weighted by Gasteiger charge is 2.47. The fourth-order valence-electron chi connectivity index (χ4n) is 1.49. The van der Waals surface area contributed by atoms with Gasteiger partial charge in [-0.05, 0) is 39.8 Å². The number of rotatable bonds is 8. The first kappa shape index (κ1) is 15.2. The largest absolute Gasteiger partial charge is 0.749 e. The average Bonchev–Trinajstić information content (AvgIpc) is 2.33. The molecule has 0 fully saturated rings. The molecule has 0 atom stereocenters. The lowest BCUT2D eigenvalue weighted by Gasteiger charge is -2.27. The van der Waals surface area contributed by atoms with Gasteiger partial charge in [0.25, 0.3) is 0 Å². The first-order valence-electron chi connectivity index (χ1n) is 6.33. The van der Waals surface area contributed by atoms with Crippen molar-refractivity contribution in [2.75, 3.05) is 19.8 Å². The van der Waals surface area contributed by atoms with E-state index < -0.39 is 9.05 Å². The summed E-state index contributed by atoms with van der Waals surface area (Å²) in [4.78, 5) is 0. The zero-order valence-electron chi connectivity index (χ0n) is 11.6. The van der Waals surface area contributed by atoms with Gasteiger partial charge in [0.1, 0.15) is 5.75 Å². The summed E-state index contributed by atoms with van der Waals surface area (Å²) in [7, 11) is -3.05. The zero-order chi connectivity index (χ0) is 13.4. The molecule has 0 aliphatic rings. The summed E-state index contributed by atoms with van der Waals surface area (Å²) in [5.41, 5.74) is 1.18. The van der Waals surface area contributed by atoms with Gasteiger partial charge in [0.05, 0.1) is 0 Å². The summed E-state index contributed by atoms with van der Waals surface area (Å²) in [6, 6.07) is 7.76. The second-order valence-corrected chi connectivity index (χ2v) is 5.78. The molecule has 5 heteroatoms. The van der Waals surface area contributed by atoms with Gasteiger partial charge >= 0.3 is 9.05 Å². The molecule has 0 spiro atoms. The van der Waals surface area contributed by atoms with Crippen LogP contribution in [-0.4, -0.2) is 28.9 Å². The van der Waals surface area contributed by atoms with E-state index in [0.29, 0.717) is 25.6 Å². The molecular weight excluding hydrogens is 248 g/mol. The average molecular weight is 270 g/mol. The fourth-order valence-corrected chi connectivity index (χ4v) is 3.41. The predicted molar refractivity (Wildman–Crippen MR) is 72.4 cm³/mol. The molecule has 1 aromatic rings. The zero-order valence-corrected chi connectivity index (χ0v) is 12.6. The molecule has 0 bridgehead atoms. The lowest BCUT2D eigenvalue weighted by atomic mass is 10.2. The summed E-state index contributed by atoms with van der Waals surface area (Å²) < 4.78 is 22.7. The highest BCUT2D eigenvalue weighted by molar-refractivity contribution is 6.54. The Kier molecular flexibility index (Phi) is 6.35. The summed E-state index contributed by atoms with van der Waals surface area (Å²) in [5.74, 6) is 0.711. The van der Waals surface area contributed by atoms with Crippen LogP contribution in [0.15, 0.2) is 24.3 Å². The Labute approximate surface area is 110 Å². The van der Waals surface area contributed by atoms with Gasteiger partial charge in [-0.25, -0.2) is 0 Å². The SMILES string of the molecule is CCO[Si](OCC)(OCC)Oc1ccc(C)cc1. The first-order valence-corrected chi connectivity index (χ1v) is 7.96. The van der Waals surface area contributed by atoms with Gasteiger partial charge in [-0.3, -0.25) is 0 Å². The molecular formula is C13H22O4Si. The van der Waals surface area contributed by atoms with E-state index in [9.17, 15) is 0 Å². The summed E-state index contributed by atoms with van der Waals surface area (Å²) in [6.45, 7) is 9.23. The smallest absolute Gasteiger partial charge is 0.480 e. The van der Waals surface area contributed by atoms with E-state index in [-0.39, 0.29) is 0 Å². The van der Waals surface area contributed by atoms with Crippen LogP contribution in [0.2, 0.25) is 0 Å². The molecule has 18 heavy (non-hydrogen) atoms. The van der Waals surface area contributed by atoms with E-state index in [1.54, 1.807) is 0 Å². The maximum absolute atomic E-state index is 5.85. The van der Waals surface area contributed by atoms with Crippen LogP contribution >= 0.6 is 0 Å². The van der Waals surface area contributed by atoms with Gasteiger partial charge in [-0.1, -0.05) is 17.7 Å². The third kappa shape index (κ3) is 4.42. The van der Waals surface area contributed by atoms with Crippen LogP contribution in [0.4, 0.5) is 0 Å². The molecule has 4 nitrogen and oxygen atoms in total. The van der Waals surface area contributed by atoms with Crippen LogP contribution in [-0.2, 0) is 13.3 Å². The van der Waals surface area contributed by atoms with E-state index in [1.807, 2.05) is 52.0 Å². The van der Waals surface area contributed by atoms with Gasteiger partial charge in [-0.2, -0.15) is 0 Å². The molecule has 0 unspecified atom stereocenters. The third-order valence-corrected chi connectivity index (χ3v) is 4.64. The van der Waals surface area contributed by atoms with Crippen molar-refractivity contribution in [3.8, 4) is 5.75 Å². The van der Waals surface area contributed by atoms with E-state index >= 15 is 0 Å². The lowest BCUT2D eigenvalue weighted by Crippen LogP contribution is -2.52. The van der Waals surface area contributed by atoms with Crippen LogP contribution in [0.25, 0.3) is 0 Å². The molecule has 0 radical (unpaired) electrons. The predicted octanol–water partition coefficient (Wildman–Crippen LogP) is 2.92. The van der Waals surface area contributed by atoms with Crippen LogP contribution in [0.3, 0.4) is 0 Å². The Balaban J connectivity index is 2.84. The van der Waals surface area contributed by atoms with Gasteiger partial charge in [-0.15, -0.1) is 0 Å². The molecule has 0 amide bonds. The number of hydrogen-bond acceptors (Lipinski definition) is 4. The maximum atomic E-state index is 5.85. The minimum atomic E-state index is -3.05. The number of hydrogen-bond donors (Lipinski definition) is 0. The normalized spacial score (nSPS) is 11.6.